The number of nitrogens with two attached hydrogens (primary N) is 1. The molecule has 1 rings (SSSR count). The molecule has 0 fully saturated rings. The highest BCUT2D eigenvalue weighted by Gasteiger charge is 2.27. The van der Waals surface area contributed by atoms with Crippen molar-refractivity contribution < 1.29 is 27.4 Å². The Bertz CT molecular complexity index is 451. The quantitative estimate of drug-likeness (QED) is 0.514. The van der Waals surface area contributed by atoms with Crippen molar-refractivity contribution in [2.75, 3.05) is 25.2 Å². The second-order valence-electron chi connectivity index (χ2n) is 3.39. The lowest BCUT2D eigenvalue weighted by Crippen LogP contribution is -2.10. The Labute approximate surface area is 112 Å². The molecule has 4 nitrogen and oxygen atoms in total. The normalized spacial score (nSPS) is 11.2. The summed E-state index contributed by atoms with van der Waals surface area (Å²) < 4.78 is 45.4. The van der Waals surface area contributed by atoms with E-state index >= 15 is 0 Å². The maximum Gasteiger partial charge on any atom is 0.441 e. The van der Waals surface area contributed by atoms with Gasteiger partial charge in [-0.05, 0) is 23.9 Å². The molecule has 0 saturated heterocycles. The zero-order valence-corrected chi connectivity index (χ0v) is 10.8. The number of benzene rings is 1. The Morgan fingerprint density at radius 1 is 1.42 bits per heavy atom. The van der Waals surface area contributed by atoms with Crippen LogP contribution in [0.15, 0.2) is 18.2 Å². The molecular formula is C11H12F3NO3S. The van der Waals surface area contributed by atoms with Gasteiger partial charge in [0.15, 0.2) is 0 Å². The molecule has 0 bridgehead atoms. The number of carbonyl (C=O) groups is 1. The molecule has 1 aromatic carbocycles. The number of nitrogen functional groups attached to an aromatic ring is 1. The molecule has 19 heavy (non-hydrogen) atoms. The van der Waals surface area contributed by atoms with E-state index in [1.54, 1.807) is 0 Å². The zero-order valence-electron chi connectivity index (χ0n) is 9.99. The van der Waals surface area contributed by atoms with Crippen molar-refractivity contribution in [1.29, 1.82) is 0 Å². The van der Waals surface area contributed by atoms with Gasteiger partial charge in [-0.1, -0.05) is 0 Å². The number of alkyl halides is 3. The number of thioether (sulfide) groups is 1. The average Bonchev–Trinajstić information content (AvgIpc) is 2.33. The van der Waals surface area contributed by atoms with E-state index in [0.29, 0.717) is 5.69 Å². The minimum atomic E-state index is -4.30. The molecule has 106 valence electrons. The largest absolute Gasteiger partial charge is 0.492 e. The van der Waals surface area contributed by atoms with Crippen molar-refractivity contribution in [3.8, 4) is 5.75 Å². The van der Waals surface area contributed by atoms with E-state index < -0.39 is 11.5 Å². The summed E-state index contributed by atoms with van der Waals surface area (Å²) in [5.41, 5.74) is 1.68. The molecule has 0 unspecified atom stereocenters. The van der Waals surface area contributed by atoms with E-state index in [9.17, 15) is 18.0 Å². The van der Waals surface area contributed by atoms with Crippen LogP contribution in [0.4, 0.5) is 18.9 Å². The molecule has 0 saturated carbocycles. The molecule has 0 heterocycles. The third-order valence-electron chi connectivity index (χ3n) is 2.02. The van der Waals surface area contributed by atoms with Gasteiger partial charge in [0, 0.05) is 17.5 Å². The van der Waals surface area contributed by atoms with Crippen molar-refractivity contribution in [3.05, 3.63) is 23.8 Å². The monoisotopic (exact) mass is 295 g/mol. The summed E-state index contributed by atoms with van der Waals surface area (Å²) in [7, 11) is 1.20. The Morgan fingerprint density at radius 3 is 2.68 bits per heavy atom. The lowest BCUT2D eigenvalue weighted by molar-refractivity contribution is -0.0329. The third kappa shape index (κ3) is 5.29. The molecule has 8 heteroatoms. The first-order chi connectivity index (χ1) is 8.83. The Balaban J connectivity index is 2.66. The van der Waals surface area contributed by atoms with Crippen molar-refractivity contribution in [3.63, 3.8) is 0 Å². The van der Waals surface area contributed by atoms with Gasteiger partial charge >= 0.3 is 11.5 Å². The second kappa shape index (κ2) is 6.55. The van der Waals surface area contributed by atoms with Gasteiger partial charge in [0.1, 0.15) is 11.3 Å². The number of hydrogen-bond donors (Lipinski definition) is 1. The summed E-state index contributed by atoms with van der Waals surface area (Å²) in [6.45, 7) is -0.197. The highest BCUT2D eigenvalue weighted by atomic mass is 32.2. The summed E-state index contributed by atoms with van der Waals surface area (Å²) in [5, 5.41) is 0. The molecule has 0 aliphatic heterocycles. The smallest absolute Gasteiger partial charge is 0.441 e. The maximum absolute atomic E-state index is 11.9. The molecule has 0 radical (unpaired) electrons. The molecule has 0 spiro atoms. The first kappa shape index (κ1) is 15.5. The van der Waals surface area contributed by atoms with E-state index in [-0.39, 0.29) is 35.4 Å². The number of esters is 1. The lowest BCUT2D eigenvalue weighted by atomic mass is 10.2. The number of anilines is 1. The van der Waals surface area contributed by atoms with Gasteiger partial charge in [-0.15, -0.1) is 0 Å². The molecule has 0 aliphatic carbocycles. The highest BCUT2D eigenvalue weighted by Crippen LogP contribution is 2.30. The van der Waals surface area contributed by atoms with Crippen LogP contribution >= 0.6 is 11.8 Å². The zero-order chi connectivity index (χ0) is 14.5. The molecule has 0 amide bonds. The van der Waals surface area contributed by atoms with Crippen LogP contribution in [0.1, 0.15) is 10.4 Å². The van der Waals surface area contributed by atoms with Crippen LogP contribution in [0.3, 0.4) is 0 Å². The number of ether oxygens (including phenoxy) is 2. The fourth-order valence-electron chi connectivity index (χ4n) is 1.25. The SMILES string of the molecule is COC(=O)c1ccc(N)cc1OCCSC(F)(F)F. The molecule has 1 aromatic rings. The van der Waals surface area contributed by atoms with E-state index in [4.69, 9.17) is 10.5 Å². The summed E-state index contributed by atoms with van der Waals surface area (Å²) in [4.78, 5) is 11.4. The van der Waals surface area contributed by atoms with E-state index in [1.165, 1.54) is 25.3 Å². The van der Waals surface area contributed by atoms with Crippen LogP contribution in [0.25, 0.3) is 0 Å². The third-order valence-corrected chi connectivity index (χ3v) is 2.72. The average molecular weight is 295 g/mol. The standard InChI is InChI=1S/C11H12F3NO3S/c1-17-10(16)8-3-2-7(15)6-9(8)18-4-5-19-11(12,13)14/h2-3,6H,4-5,15H2,1H3. The topological polar surface area (TPSA) is 61.5 Å². The molecular weight excluding hydrogens is 283 g/mol. The van der Waals surface area contributed by atoms with Crippen molar-refractivity contribution in [2.45, 2.75) is 5.51 Å². The highest BCUT2D eigenvalue weighted by molar-refractivity contribution is 8.00. The van der Waals surface area contributed by atoms with Crippen LogP contribution < -0.4 is 10.5 Å². The minimum absolute atomic E-state index is 0.106. The van der Waals surface area contributed by atoms with Gasteiger partial charge in [-0.25, -0.2) is 4.79 Å². The van der Waals surface area contributed by atoms with Gasteiger partial charge in [-0.2, -0.15) is 13.2 Å². The van der Waals surface area contributed by atoms with Crippen LogP contribution in [0, 0.1) is 0 Å². The van der Waals surface area contributed by atoms with E-state index in [1.807, 2.05) is 0 Å². The number of rotatable bonds is 5. The number of hydrogen-bond acceptors (Lipinski definition) is 5. The summed E-state index contributed by atoms with van der Waals surface area (Å²) >= 11 is -0.195. The Hall–Kier alpha value is -1.57. The number of halogens is 3. The molecule has 0 aromatic heterocycles. The maximum atomic E-state index is 11.9. The van der Waals surface area contributed by atoms with Crippen LogP contribution in [0.5, 0.6) is 5.75 Å². The van der Waals surface area contributed by atoms with Gasteiger partial charge in [-0.3, -0.25) is 0 Å². The van der Waals surface area contributed by atoms with Crippen LogP contribution in [-0.4, -0.2) is 30.9 Å². The van der Waals surface area contributed by atoms with E-state index in [2.05, 4.69) is 4.74 Å². The lowest BCUT2D eigenvalue weighted by Gasteiger charge is -2.11. The van der Waals surface area contributed by atoms with Crippen LogP contribution in [-0.2, 0) is 4.74 Å². The van der Waals surface area contributed by atoms with Crippen molar-refractivity contribution in [1.82, 2.24) is 0 Å². The van der Waals surface area contributed by atoms with Gasteiger partial charge in [0.05, 0.1) is 13.7 Å². The Kier molecular flexibility index (Phi) is 5.34. The summed E-state index contributed by atoms with van der Waals surface area (Å²) in [5.74, 6) is -0.813. The van der Waals surface area contributed by atoms with Crippen LogP contribution in [0.2, 0.25) is 0 Å². The summed E-state index contributed by atoms with van der Waals surface area (Å²) in [6, 6.07) is 4.24. The number of methoxy groups -OCH3 is 1. The van der Waals surface area contributed by atoms with E-state index in [0.717, 1.165) is 0 Å². The predicted octanol–water partition coefficient (Wildman–Crippen LogP) is 2.69. The van der Waals surface area contributed by atoms with Crippen molar-refractivity contribution >= 4 is 23.4 Å². The first-order valence-corrected chi connectivity index (χ1v) is 6.13. The fourth-order valence-corrected chi connectivity index (χ4v) is 1.64. The Morgan fingerprint density at radius 2 is 2.11 bits per heavy atom. The number of carbonyl (C=O) groups excluding carboxylic acids is 1. The minimum Gasteiger partial charge on any atom is -0.492 e. The van der Waals surface area contributed by atoms with Gasteiger partial charge in [0.2, 0.25) is 0 Å². The second-order valence-corrected chi connectivity index (χ2v) is 4.55. The molecule has 0 atom stereocenters. The van der Waals surface area contributed by atoms with Gasteiger partial charge in [0.25, 0.3) is 0 Å². The summed E-state index contributed by atoms with van der Waals surface area (Å²) in [6.07, 6.45) is 0. The first-order valence-electron chi connectivity index (χ1n) is 5.15. The molecule has 2 N–H and O–H groups in total. The van der Waals surface area contributed by atoms with Gasteiger partial charge < -0.3 is 15.2 Å². The van der Waals surface area contributed by atoms with Crippen molar-refractivity contribution in [2.24, 2.45) is 0 Å². The fraction of sp³-hybridized carbons (Fsp3) is 0.364. The predicted molar refractivity (Wildman–Crippen MR) is 66.2 cm³/mol. The molecule has 0 aliphatic rings.